The fourth-order valence-corrected chi connectivity index (χ4v) is 3.25. The van der Waals surface area contributed by atoms with Crippen LogP contribution >= 0.6 is 11.6 Å². The number of carbonyl (C=O) groups is 2. The third-order valence-electron chi connectivity index (χ3n) is 4.21. The summed E-state index contributed by atoms with van der Waals surface area (Å²) in [5.74, 6) is -0.0241. The first-order chi connectivity index (χ1) is 11.1. The minimum atomic E-state index is -1.04. The molecule has 2 aromatic carbocycles. The summed E-state index contributed by atoms with van der Waals surface area (Å²) in [5.41, 5.74) is 4.54. The van der Waals surface area contributed by atoms with Gasteiger partial charge in [0.2, 0.25) is 5.24 Å². The van der Waals surface area contributed by atoms with E-state index in [0.29, 0.717) is 6.54 Å². The van der Waals surface area contributed by atoms with Crippen molar-refractivity contribution < 1.29 is 14.7 Å². The lowest BCUT2D eigenvalue weighted by Crippen LogP contribution is -2.34. The van der Waals surface area contributed by atoms with Crippen LogP contribution in [0.4, 0.5) is 4.79 Å². The molecule has 1 N–H and O–H groups in total. The minimum Gasteiger partial charge on any atom is -0.465 e. The van der Waals surface area contributed by atoms with Gasteiger partial charge in [-0.3, -0.25) is 4.79 Å². The molecule has 0 saturated heterocycles. The Hall–Kier alpha value is -2.33. The molecule has 0 heterocycles. The zero-order valence-corrected chi connectivity index (χ0v) is 13.2. The van der Waals surface area contributed by atoms with Crippen molar-refractivity contribution in [1.29, 1.82) is 0 Å². The molecule has 2 aromatic rings. The molecule has 4 nitrogen and oxygen atoms in total. The Morgan fingerprint density at radius 3 is 2.00 bits per heavy atom. The molecule has 1 amide bonds. The molecule has 0 fully saturated rings. The number of fused-ring (bicyclic) bond motifs is 3. The number of rotatable bonds is 5. The maximum atomic E-state index is 11.5. The van der Waals surface area contributed by atoms with Gasteiger partial charge in [0.05, 0.1) is 0 Å². The summed E-state index contributed by atoms with van der Waals surface area (Å²) in [6.45, 7) is 0.423. The highest BCUT2D eigenvalue weighted by atomic mass is 35.5. The number of carboxylic acid groups (broad SMARTS) is 1. The van der Waals surface area contributed by atoms with Crippen LogP contribution in [0.1, 0.15) is 23.5 Å². The predicted molar refractivity (Wildman–Crippen MR) is 88.8 cm³/mol. The van der Waals surface area contributed by atoms with Gasteiger partial charge >= 0.3 is 6.09 Å². The van der Waals surface area contributed by atoms with Gasteiger partial charge in [0.15, 0.2) is 0 Å². The van der Waals surface area contributed by atoms with Gasteiger partial charge in [-0.25, -0.2) is 4.79 Å². The second-order valence-electron chi connectivity index (χ2n) is 5.56. The molecule has 118 valence electrons. The van der Waals surface area contributed by atoms with Gasteiger partial charge in [-0.1, -0.05) is 48.5 Å². The fourth-order valence-electron chi connectivity index (χ4n) is 3.16. The van der Waals surface area contributed by atoms with Crippen molar-refractivity contribution in [2.45, 2.75) is 12.3 Å². The van der Waals surface area contributed by atoms with Crippen LogP contribution in [0.2, 0.25) is 0 Å². The minimum absolute atomic E-state index is 0.0177. The molecule has 0 spiro atoms. The maximum Gasteiger partial charge on any atom is 0.407 e. The highest BCUT2D eigenvalue weighted by Crippen LogP contribution is 2.44. The van der Waals surface area contributed by atoms with Crippen molar-refractivity contribution in [1.82, 2.24) is 4.90 Å². The number of carbonyl (C=O) groups excluding carboxylic acids is 1. The highest BCUT2D eigenvalue weighted by Gasteiger charge is 2.30. The lowest BCUT2D eigenvalue weighted by Gasteiger charge is -2.23. The second kappa shape index (κ2) is 6.42. The Morgan fingerprint density at radius 1 is 1.00 bits per heavy atom. The van der Waals surface area contributed by atoms with E-state index < -0.39 is 11.3 Å². The summed E-state index contributed by atoms with van der Waals surface area (Å²) in [6, 6.07) is 16.1. The van der Waals surface area contributed by atoms with Crippen molar-refractivity contribution in [3.8, 4) is 11.1 Å². The van der Waals surface area contributed by atoms with Gasteiger partial charge in [-0.2, -0.15) is 0 Å². The molecular formula is C18H16ClNO3. The number of hydrogen-bond donors (Lipinski definition) is 1. The van der Waals surface area contributed by atoms with Crippen LogP contribution in [0, 0.1) is 0 Å². The van der Waals surface area contributed by atoms with Crippen molar-refractivity contribution in [3.05, 3.63) is 59.7 Å². The van der Waals surface area contributed by atoms with E-state index in [1.54, 1.807) is 0 Å². The maximum absolute atomic E-state index is 11.5. The van der Waals surface area contributed by atoms with Gasteiger partial charge in [0.1, 0.15) is 0 Å². The van der Waals surface area contributed by atoms with E-state index in [1.165, 1.54) is 4.90 Å². The Bertz CT molecular complexity index is 714. The van der Waals surface area contributed by atoms with Crippen LogP contribution in [-0.2, 0) is 4.79 Å². The monoisotopic (exact) mass is 329 g/mol. The standard InChI is InChI=1S/C18H16ClNO3/c19-17(21)9-10-20(18(22)23)11-16-14-7-3-1-5-12(14)13-6-2-4-8-15(13)16/h1-8,16H,9-11H2,(H,22,23). The first-order valence-electron chi connectivity index (χ1n) is 7.42. The van der Waals surface area contributed by atoms with Crippen molar-refractivity contribution in [2.75, 3.05) is 13.1 Å². The topological polar surface area (TPSA) is 57.6 Å². The summed E-state index contributed by atoms with van der Waals surface area (Å²) >= 11 is 5.35. The number of halogens is 1. The zero-order valence-electron chi connectivity index (χ0n) is 12.4. The van der Waals surface area contributed by atoms with Crippen molar-refractivity contribution in [3.63, 3.8) is 0 Å². The van der Waals surface area contributed by atoms with E-state index in [-0.39, 0.29) is 18.9 Å². The van der Waals surface area contributed by atoms with Crippen LogP contribution in [0.25, 0.3) is 11.1 Å². The number of amides is 1. The Morgan fingerprint density at radius 2 is 1.52 bits per heavy atom. The lowest BCUT2D eigenvalue weighted by molar-refractivity contribution is -0.111. The predicted octanol–water partition coefficient (Wildman–Crippen LogP) is 3.93. The summed E-state index contributed by atoms with van der Waals surface area (Å²) in [6.07, 6.45) is -1.02. The van der Waals surface area contributed by atoms with E-state index in [1.807, 2.05) is 36.4 Å². The third kappa shape index (κ3) is 3.08. The lowest BCUT2D eigenvalue weighted by atomic mass is 9.96. The van der Waals surface area contributed by atoms with Gasteiger partial charge in [0, 0.05) is 25.4 Å². The largest absolute Gasteiger partial charge is 0.465 e. The number of nitrogens with zero attached hydrogens (tertiary/aromatic N) is 1. The first-order valence-corrected chi connectivity index (χ1v) is 7.80. The molecule has 0 bridgehead atoms. The molecule has 1 aliphatic carbocycles. The summed E-state index contributed by atoms with van der Waals surface area (Å²) in [4.78, 5) is 23.7. The van der Waals surface area contributed by atoms with Crippen molar-refractivity contribution in [2.24, 2.45) is 0 Å². The SMILES string of the molecule is O=C(Cl)CCN(CC1c2ccccc2-c2ccccc21)C(=O)O. The summed E-state index contributed by atoms with van der Waals surface area (Å²) in [7, 11) is 0. The Kier molecular flexibility index (Phi) is 4.35. The van der Waals surface area contributed by atoms with Crippen LogP contribution < -0.4 is 0 Å². The van der Waals surface area contributed by atoms with E-state index in [9.17, 15) is 14.7 Å². The van der Waals surface area contributed by atoms with E-state index in [2.05, 4.69) is 12.1 Å². The molecule has 0 saturated carbocycles. The number of benzene rings is 2. The molecule has 0 aliphatic heterocycles. The molecule has 0 unspecified atom stereocenters. The van der Waals surface area contributed by atoms with Crippen LogP contribution in [-0.4, -0.2) is 34.4 Å². The first kappa shape index (κ1) is 15.6. The molecule has 0 aromatic heterocycles. The Labute approximate surface area is 139 Å². The molecule has 5 heteroatoms. The molecule has 1 aliphatic rings. The van der Waals surface area contributed by atoms with E-state index >= 15 is 0 Å². The van der Waals surface area contributed by atoms with Crippen LogP contribution in [0.3, 0.4) is 0 Å². The Balaban J connectivity index is 1.92. The highest BCUT2D eigenvalue weighted by molar-refractivity contribution is 6.63. The summed E-state index contributed by atoms with van der Waals surface area (Å²) in [5, 5.41) is 8.89. The molecule has 23 heavy (non-hydrogen) atoms. The van der Waals surface area contributed by atoms with E-state index in [0.717, 1.165) is 22.3 Å². The van der Waals surface area contributed by atoms with Crippen molar-refractivity contribution >= 4 is 22.9 Å². The van der Waals surface area contributed by atoms with Crippen LogP contribution in [0.5, 0.6) is 0 Å². The zero-order chi connectivity index (χ0) is 16.4. The molecule has 3 rings (SSSR count). The summed E-state index contributed by atoms with van der Waals surface area (Å²) < 4.78 is 0. The molecule has 0 radical (unpaired) electrons. The molecular weight excluding hydrogens is 314 g/mol. The van der Waals surface area contributed by atoms with E-state index in [4.69, 9.17) is 11.6 Å². The van der Waals surface area contributed by atoms with Crippen LogP contribution in [0.15, 0.2) is 48.5 Å². The third-order valence-corrected chi connectivity index (χ3v) is 4.40. The number of hydrogen-bond acceptors (Lipinski definition) is 2. The molecule has 0 atom stereocenters. The fraction of sp³-hybridized carbons (Fsp3) is 0.222. The smallest absolute Gasteiger partial charge is 0.407 e. The average molecular weight is 330 g/mol. The van der Waals surface area contributed by atoms with Gasteiger partial charge in [-0.05, 0) is 33.9 Å². The normalized spacial score (nSPS) is 12.6. The van der Waals surface area contributed by atoms with Gasteiger partial charge < -0.3 is 10.0 Å². The second-order valence-corrected chi connectivity index (χ2v) is 5.98. The van der Waals surface area contributed by atoms with Gasteiger partial charge in [0.25, 0.3) is 0 Å². The van der Waals surface area contributed by atoms with Gasteiger partial charge in [-0.15, -0.1) is 0 Å². The average Bonchev–Trinajstić information content (AvgIpc) is 2.85. The quantitative estimate of drug-likeness (QED) is 0.845.